The molecule has 6 heteroatoms. The number of aryl methyl sites for hydroxylation is 1. The van der Waals surface area contributed by atoms with Crippen LogP contribution in [0.1, 0.15) is 31.9 Å². The Hall–Kier alpha value is -2.53. The van der Waals surface area contributed by atoms with E-state index in [2.05, 4.69) is 10.6 Å². The van der Waals surface area contributed by atoms with Gasteiger partial charge in [0.15, 0.2) is 0 Å². The summed E-state index contributed by atoms with van der Waals surface area (Å²) in [4.78, 5) is 25.1. The Morgan fingerprint density at radius 1 is 1.11 bits per heavy atom. The van der Waals surface area contributed by atoms with Crippen molar-refractivity contribution in [3.8, 4) is 0 Å². The maximum atomic E-state index is 12.9. The summed E-state index contributed by atoms with van der Waals surface area (Å²) in [6.45, 7) is 7.19. The number of amides is 2. The van der Waals surface area contributed by atoms with Crippen LogP contribution < -0.4 is 10.6 Å². The molecule has 27 heavy (non-hydrogen) atoms. The molecule has 0 radical (unpaired) electrons. The average Bonchev–Trinajstić information content (AvgIpc) is 2.57. The van der Waals surface area contributed by atoms with Crippen LogP contribution in [-0.4, -0.2) is 23.6 Å². The first kappa shape index (κ1) is 20.8. The van der Waals surface area contributed by atoms with Crippen molar-refractivity contribution in [1.29, 1.82) is 0 Å². The smallest absolute Gasteiger partial charge is 0.408 e. The molecule has 2 rings (SSSR count). The first-order chi connectivity index (χ1) is 12.6. The quantitative estimate of drug-likeness (QED) is 0.778. The van der Waals surface area contributed by atoms with Gasteiger partial charge in [-0.2, -0.15) is 0 Å². The normalized spacial score (nSPS) is 12.2. The summed E-state index contributed by atoms with van der Waals surface area (Å²) in [7, 11) is 0. The average molecular weight is 389 g/mol. The van der Waals surface area contributed by atoms with Gasteiger partial charge in [-0.05, 0) is 51.0 Å². The topological polar surface area (TPSA) is 67.4 Å². The zero-order chi connectivity index (χ0) is 20.0. The molecule has 144 valence electrons. The van der Waals surface area contributed by atoms with Gasteiger partial charge in [0, 0.05) is 17.1 Å². The number of halogens is 1. The summed E-state index contributed by atoms with van der Waals surface area (Å²) < 4.78 is 5.30. The number of hydrogen-bond donors (Lipinski definition) is 2. The second-order valence-electron chi connectivity index (χ2n) is 7.34. The lowest BCUT2D eigenvalue weighted by Gasteiger charge is -2.23. The van der Waals surface area contributed by atoms with Gasteiger partial charge in [0.25, 0.3) is 0 Å². The maximum Gasteiger partial charge on any atom is 0.408 e. The highest BCUT2D eigenvalue weighted by molar-refractivity contribution is 6.31. The number of anilines is 1. The molecule has 0 aliphatic heterocycles. The monoisotopic (exact) mass is 388 g/mol. The lowest BCUT2D eigenvalue weighted by molar-refractivity contribution is -0.118. The Labute approximate surface area is 165 Å². The molecule has 0 aliphatic rings. The number of alkyl carbamates (subject to hydrolysis) is 1. The summed E-state index contributed by atoms with van der Waals surface area (Å²) in [5.74, 6) is -0.338. The molecule has 0 saturated carbocycles. The zero-order valence-corrected chi connectivity index (χ0v) is 16.8. The van der Waals surface area contributed by atoms with E-state index in [-0.39, 0.29) is 5.91 Å². The number of ether oxygens (including phenoxy) is 1. The third kappa shape index (κ3) is 6.94. The number of rotatable bonds is 5. The van der Waals surface area contributed by atoms with Crippen LogP contribution >= 0.6 is 11.6 Å². The number of benzene rings is 2. The van der Waals surface area contributed by atoms with E-state index in [4.69, 9.17) is 16.3 Å². The van der Waals surface area contributed by atoms with Crippen molar-refractivity contribution in [3.63, 3.8) is 0 Å². The Kier molecular flexibility index (Phi) is 6.86. The van der Waals surface area contributed by atoms with E-state index < -0.39 is 17.7 Å². The molecule has 0 heterocycles. The van der Waals surface area contributed by atoms with Crippen LogP contribution in [0.5, 0.6) is 0 Å². The van der Waals surface area contributed by atoms with Crippen molar-refractivity contribution in [3.05, 3.63) is 64.7 Å². The van der Waals surface area contributed by atoms with Crippen molar-refractivity contribution in [2.45, 2.75) is 45.8 Å². The van der Waals surface area contributed by atoms with E-state index >= 15 is 0 Å². The molecule has 2 aromatic carbocycles. The summed E-state index contributed by atoms with van der Waals surface area (Å²) in [6, 6.07) is 14.0. The molecular formula is C21H25ClN2O3. The lowest BCUT2D eigenvalue weighted by Crippen LogP contribution is -2.47. The number of hydrogen-bond acceptors (Lipinski definition) is 3. The molecule has 0 spiro atoms. The Morgan fingerprint density at radius 2 is 1.78 bits per heavy atom. The van der Waals surface area contributed by atoms with Crippen LogP contribution in [0.3, 0.4) is 0 Å². The number of carbonyl (C=O) groups is 2. The third-order valence-corrected chi connectivity index (χ3v) is 3.98. The Bertz CT molecular complexity index is 801. The van der Waals surface area contributed by atoms with Gasteiger partial charge in [-0.3, -0.25) is 4.79 Å². The molecule has 5 nitrogen and oxygen atoms in total. The molecule has 1 unspecified atom stereocenters. The van der Waals surface area contributed by atoms with Crippen molar-refractivity contribution < 1.29 is 14.3 Å². The van der Waals surface area contributed by atoms with Crippen LogP contribution in [0.2, 0.25) is 5.02 Å². The van der Waals surface area contributed by atoms with Crippen molar-refractivity contribution in [2.75, 3.05) is 5.32 Å². The van der Waals surface area contributed by atoms with Crippen LogP contribution in [0.15, 0.2) is 48.5 Å². The van der Waals surface area contributed by atoms with Gasteiger partial charge >= 0.3 is 6.09 Å². The van der Waals surface area contributed by atoms with Crippen LogP contribution in [0.25, 0.3) is 0 Å². The van der Waals surface area contributed by atoms with Crippen LogP contribution in [0, 0.1) is 6.92 Å². The van der Waals surface area contributed by atoms with Gasteiger partial charge < -0.3 is 15.4 Å². The predicted octanol–water partition coefficient (Wildman–Crippen LogP) is 4.72. The Balaban J connectivity index is 2.18. The molecule has 2 aromatic rings. The highest BCUT2D eigenvalue weighted by Crippen LogP contribution is 2.20. The second kappa shape index (κ2) is 8.91. The van der Waals surface area contributed by atoms with E-state index in [1.807, 2.05) is 43.3 Å². The maximum absolute atomic E-state index is 12.9. The second-order valence-corrected chi connectivity index (χ2v) is 7.77. The molecule has 0 fully saturated rings. The van der Waals surface area contributed by atoms with E-state index in [0.717, 1.165) is 11.1 Å². The fourth-order valence-corrected chi connectivity index (χ4v) is 2.63. The van der Waals surface area contributed by atoms with Crippen molar-refractivity contribution in [2.24, 2.45) is 0 Å². The highest BCUT2D eigenvalue weighted by Gasteiger charge is 2.25. The molecule has 0 aromatic heterocycles. The van der Waals surface area contributed by atoms with Crippen LogP contribution in [0.4, 0.5) is 10.5 Å². The minimum atomic E-state index is -0.791. The predicted molar refractivity (Wildman–Crippen MR) is 108 cm³/mol. The highest BCUT2D eigenvalue weighted by atomic mass is 35.5. The van der Waals surface area contributed by atoms with Gasteiger partial charge in [0.05, 0.1) is 0 Å². The van der Waals surface area contributed by atoms with Gasteiger partial charge in [-0.25, -0.2) is 4.79 Å². The molecular weight excluding hydrogens is 364 g/mol. The Morgan fingerprint density at radius 3 is 2.41 bits per heavy atom. The molecule has 0 saturated heterocycles. The minimum absolute atomic E-state index is 0.338. The van der Waals surface area contributed by atoms with Gasteiger partial charge in [-0.1, -0.05) is 48.0 Å². The van der Waals surface area contributed by atoms with E-state index in [1.54, 1.807) is 32.9 Å². The zero-order valence-electron chi connectivity index (χ0n) is 16.0. The van der Waals surface area contributed by atoms with Crippen molar-refractivity contribution >= 4 is 29.3 Å². The SMILES string of the molecule is Cc1ccc(Cl)cc1NC(=O)C(Cc1ccccc1)NC(=O)OC(C)(C)C. The van der Waals surface area contributed by atoms with Gasteiger partial charge in [-0.15, -0.1) is 0 Å². The number of nitrogens with one attached hydrogen (secondary N) is 2. The summed E-state index contributed by atoms with van der Waals surface area (Å²) >= 11 is 6.03. The van der Waals surface area contributed by atoms with Gasteiger partial charge in [0.2, 0.25) is 5.91 Å². The minimum Gasteiger partial charge on any atom is -0.444 e. The summed E-state index contributed by atoms with van der Waals surface area (Å²) in [5, 5.41) is 6.04. The van der Waals surface area contributed by atoms with E-state index in [0.29, 0.717) is 17.1 Å². The lowest BCUT2D eigenvalue weighted by atomic mass is 10.0. The first-order valence-electron chi connectivity index (χ1n) is 8.74. The largest absolute Gasteiger partial charge is 0.444 e. The standard InChI is InChI=1S/C21H25ClN2O3/c1-14-10-11-16(22)13-17(14)23-19(25)18(12-15-8-6-5-7-9-15)24-20(26)27-21(2,3)4/h5-11,13,18H,12H2,1-4H3,(H,23,25)(H,24,26). The molecule has 1 atom stereocenters. The van der Waals surface area contributed by atoms with E-state index in [1.165, 1.54) is 0 Å². The van der Waals surface area contributed by atoms with Gasteiger partial charge in [0.1, 0.15) is 11.6 Å². The fourth-order valence-electron chi connectivity index (χ4n) is 2.46. The number of carbonyl (C=O) groups excluding carboxylic acids is 2. The van der Waals surface area contributed by atoms with E-state index in [9.17, 15) is 9.59 Å². The molecule has 0 aliphatic carbocycles. The fraction of sp³-hybridized carbons (Fsp3) is 0.333. The van der Waals surface area contributed by atoms with Crippen LogP contribution in [-0.2, 0) is 16.0 Å². The molecule has 2 N–H and O–H groups in total. The van der Waals surface area contributed by atoms with Crippen molar-refractivity contribution in [1.82, 2.24) is 5.32 Å². The first-order valence-corrected chi connectivity index (χ1v) is 9.12. The molecule has 0 bridgehead atoms. The summed E-state index contributed by atoms with van der Waals surface area (Å²) in [5.41, 5.74) is 1.76. The summed E-state index contributed by atoms with van der Waals surface area (Å²) in [6.07, 6.45) is -0.299. The third-order valence-electron chi connectivity index (χ3n) is 3.75. The molecule has 2 amide bonds.